The van der Waals surface area contributed by atoms with E-state index in [4.69, 9.17) is 0 Å². The fourth-order valence-corrected chi connectivity index (χ4v) is 4.19. The van der Waals surface area contributed by atoms with Crippen LogP contribution < -0.4 is 10.2 Å². The van der Waals surface area contributed by atoms with Crippen LogP contribution in [0, 0.1) is 5.82 Å². The van der Waals surface area contributed by atoms with E-state index in [-0.39, 0.29) is 13.1 Å². The first-order valence-corrected chi connectivity index (χ1v) is 10.8. The minimum absolute atomic E-state index is 0.213. The van der Waals surface area contributed by atoms with Crippen molar-refractivity contribution in [3.05, 3.63) is 66.0 Å². The molecule has 0 spiro atoms. The maximum absolute atomic E-state index is 13.4. The average molecular weight is 419 g/mol. The second-order valence-electron chi connectivity index (χ2n) is 7.18. The molecule has 0 unspecified atom stereocenters. The van der Waals surface area contributed by atoms with Crippen molar-refractivity contribution >= 4 is 27.5 Å². The summed E-state index contributed by atoms with van der Waals surface area (Å²) in [6.45, 7) is 1.12. The highest BCUT2D eigenvalue weighted by Crippen LogP contribution is 2.30. The van der Waals surface area contributed by atoms with Crippen LogP contribution in [0.3, 0.4) is 0 Å². The first kappa shape index (κ1) is 20.9. The molecule has 0 saturated carbocycles. The monoisotopic (exact) mass is 419 g/mol. The van der Waals surface area contributed by atoms with E-state index in [9.17, 15) is 22.4 Å². The number of hydrogen-bond acceptors (Lipinski definition) is 4. The largest absolute Gasteiger partial charge is 0.350 e. The molecule has 1 N–H and O–H groups in total. The minimum atomic E-state index is -3.70. The summed E-state index contributed by atoms with van der Waals surface area (Å²) in [5.41, 5.74) is -0.327. The van der Waals surface area contributed by atoms with E-state index >= 15 is 0 Å². The molecule has 0 bridgehead atoms. The molecule has 29 heavy (non-hydrogen) atoms. The highest BCUT2D eigenvalue weighted by molar-refractivity contribution is 7.88. The zero-order valence-electron chi connectivity index (χ0n) is 16.1. The van der Waals surface area contributed by atoms with Crippen LogP contribution in [0.4, 0.5) is 10.1 Å². The highest BCUT2D eigenvalue weighted by Gasteiger charge is 2.50. The molecule has 2 amide bonds. The van der Waals surface area contributed by atoms with Gasteiger partial charge in [0.25, 0.3) is 0 Å². The number of halogens is 1. The van der Waals surface area contributed by atoms with Crippen LogP contribution in [0.15, 0.2) is 54.6 Å². The van der Waals surface area contributed by atoms with Gasteiger partial charge in [-0.25, -0.2) is 12.8 Å². The molecule has 1 aliphatic heterocycles. The van der Waals surface area contributed by atoms with Crippen molar-refractivity contribution < 1.29 is 22.4 Å². The second-order valence-corrected chi connectivity index (χ2v) is 9.16. The van der Waals surface area contributed by atoms with Gasteiger partial charge in [-0.15, -0.1) is 0 Å². The Morgan fingerprint density at radius 1 is 1.14 bits per heavy atom. The van der Waals surface area contributed by atoms with Gasteiger partial charge in [0.15, 0.2) is 0 Å². The Hall–Kier alpha value is -2.78. The number of carbonyl (C=O) groups is 2. The Kier molecular flexibility index (Phi) is 5.72. The van der Waals surface area contributed by atoms with Gasteiger partial charge in [0, 0.05) is 18.8 Å². The molecule has 2 aromatic carbocycles. The summed E-state index contributed by atoms with van der Waals surface area (Å²) in [4.78, 5) is 27.3. The van der Waals surface area contributed by atoms with Crippen LogP contribution in [-0.4, -0.2) is 49.4 Å². The van der Waals surface area contributed by atoms with E-state index in [1.807, 2.05) is 30.3 Å². The number of benzene rings is 2. The summed E-state index contributed by atoms with van der Waals surface area (Å²) >= 11 is 0. The van der Waals surface area contributed by atoms with Crippen LogP contribution in [0.5, 0.6) is 0 Å². The van der Waals surface area contributed by atoms with Crippen LogP contribution in [-0.2, 0) is 26.2 Å². The van der Waals surface area contributed by atoms with E-state index in [2.05, 4.69) is 5.32 Å². The summed E-state index contributed by atoms with van der Waals surface area (Å²) < 4.78 is 38.5. The smallest absolute Gasteiger partial charge is 0.247 e. The Morgan fingerprint density at radius 2 is 1.76 bits per heavy atom. The zero-order valence-corrected chi connectivity index (χ0v) is 16.9. The first-order valence-electron chi connectivity index (χ1n) is 8.97. The van der Waals surface area contributed by atoms with Crippen molar-refractivity contribution in [2.45, 2.75) is 19.0 Å². The Labute approximate surface area is 169 Å². The highest BCUT2D eigenvalue weighted by atomic mass is 32.2. The van der Waals surface area contributed by atoms with Gasteiger partial charge in [0.2, 0.25) is 21.8 Å². The van der Waals surface area contributed by atoms with E-state index in [0.29, 0.717) is 5.69 Å². The molecule has 2 aromatic rings. The number of amides is 2. The van der Waals surface area contributed by atoms with Crippen molar-refractivity contribution in [3.63, 3.8) is 0 Å². The van der Waals surface area contributed by atoms with Gasteiger partial charge in [-0.1, -0.05) is 30.3 Å². The molecule has 3 rings (SSSR count). The van der Waals surface area contributed by atoms with E-state index in [1.165, 1.54) is 36.1 Å². The summed E-state index contributed by atoms with van der Waals surface area (Å²) in [7, 11) is -3.70. The summed E-state index contributed by atoms with van der Waals surface area (Å²) in [5, 5.41) is 2.78. The molecule has 0 aliphatic carbocycles. The predicted molar refractivity (Wildman–Crippen MR) is 107 cm³/mol. The maximum atomic E-state index is 13.4. The lowest BCUT2D eigenvalue weighted by molar-refractivity contribution is -0.133. The lowest BCUT2D eigenvalue weighted by Gasteiger charge is -2.46. The molecule has 1 atom stereocenters. The number of rotatable bonds is 5. The third-order valence-electron chi connectivity index (χ3n) is 4.88. The lowest BCUT2D eigenvalue weighted by Crippen LogP contribution is -2.70. The average Bonchev–Trinajstić information content (AvgIpc) is 2.67. The Bertz CT molecular complexity index is 1010. The second kappa shape index (κ2) is 7.92. The third kappa shape index (κ3) is 4.46. The van der Waals surface area contributed by atoms with Gasteiger partial charge in [0.1, 0.15) is 11.4 Å². The summed E-state index contributed by atoms with van der Waals surface area (Å²) in [5.74, 6) is -1.55. The molecule has 0 radical (unpaired) electrons. The van der Waals surface area contributed by atoms with E-state index in [1.54, 1.807) is 0 Å². The molecular weight excluding hydrogens is 397 g/mol. The van der Waals surface area contributed by atoms with Crippen molar-refractivity contribution in [2.24, 2.45) is 0 Å². The predicted octanol–water partition coefficient (Wildman–Crippen LogP) is 1.51. The van der Waals surface area contributed by atoms with E-state index < -0.39 is 39.7 Å². The number of anilines is 1. The lowest BCUT2D eigenvalue weighted by atomic mass is 9.94. The number of hydrogen-bond donors (Lipinski definition) is 1. The van der Waals surface area contributed by atoms with Crippen LogP contribution in [0.2, 0.25) is 0 Å². The normalized spacial score (nSPS) is 20.5. The van der Waals surface area contributed by atoms with Gasteiger partial charge >= 0.3 is 0 Å². The minimum Gasteiger partial charge on any atom is -0.350 e. The standard InChI is InChI=1S/C20H22FN3O4S/c1-20(19(26)22-12-15-6-4-3-5-7-15)14-23(29(2,27)28)13-18(25)24(20)17-10-8-16(21)9-11-17/h3-11H,12-14H2,1-2H3,(H,22,26)/t20-/m0/s1. The van der Waals surface area contributed by atoms with Gasteiger partial charge in [-0.3, -0.25) is 14.5 Å². The number of sulfonamides is 1. The Morgan fingerprint density at radius 3 is 2.34 bits per heavy atom. The molecular formula is C20H22FN3O4S. The maximum Gasteiger partial charge on any atom is 0.247 e. The SMILES string of the molecule is C[C@@]1(C(=O)NCc2ccccc2)CN(S(C)(=O)=O)CC(=O)N1c1ccc(F)cc1. The Balaban J connectivity index is 1.95. The van der Waals surface area contributed by atoms with Crippen molar-refractivity contribution in [2.75, 3.05) is 24.2 Å². The van der Waals surface area contributed by atoms with Crippen molar-refractivity contribution in [3.8, 4) is 0 Å². The van der Waals surface area contributed by atoms with Gasteiger partial charge in [-0.2, -0.15) is 4.31 Å². The van der Waals surface area contributed by atoms with Gasteiger partial charge in [0.05, 0.1) is 12.8 Å². The number of nitrogens with zero attached hydrogens (tertiary/aromatic N) is 2. The molecule has 1 saturated heterocycles. The topological polar surface area (TPSA) is 86.8 Å². The first-order chi connectivity index (χ1) is 13.6. The fraction of sp³-hybridized carbons (Fsp3) is 0.300. The fourth-order valence-electron chi connectivity index (χ4n) is 3.36. The van der Waals surface area contributed by atoms with Gasteiger partial charge < -0.3 is 5.32 Å². The van der Waals surface area contributed by atoms with Gasteiger partial charge in [-0.05, 0) is 36.8 Å². The number of nitrogens with one attached hydrogen (secondary N) is 1. The molecule has 1 heterocycles. The third-order valence-corrected chi connectivity index (χ3v) is 6.07. The van der Waals surface area contributed by atoms with Crippen LogP contribution in [0.25, 0.3) is 0 Å². The van der Waals surface area contributed by atoms with Crippen molar-refractivity contribution in [1.82, 2.24) is 9.62 Å². The summed E-state index contributed by atoms with van der Waals surface area (Å²) in [6.07, 6.45) is 0.996. The molecule has 1 aliphatic rings. The zero-order chi connectivity index (χ0) is 21.2. The number of piperazine rings is 1. The molecule has 9 heteroatoms. The summed E-state index contributed by atoms with van der Waals surface area (Å²) in [6, 6.07) is 14.4. The molecule has 0 aromatic heterocycles. The molecule has 1 fully saturated rings. The van der Waals surface area contributed by atoms with Crippen molar-refractivity contribution in [1.29, 1.82) is 0 Å². The molecule has 154 valence electrons. The quantitative estimate of drug-likeness (QED) is 0.796. The molecule has 7 nitrogen and oxygen atoms in total. The van der Waals surface area contributed by atoms with Crippen LogP contribution >= 0.6 is 0 Å². The van der Waals surface area contributed by atoms with Crippen LogP contribution in [0.1, 0.15) is 12.5 Å². The van der Waals surface area contributed by atoms with E-state index in [0.717, 1.165) is 16.1 Å². The number of carbonyl (C=O) groups excluding carboxylic acids is 2.